The van der Waals surface area contributed by atoms with Crippen molar-refractivity contribution in [2.24, 2.45) is 0 Å². The van der Waals surface area contributed by atoms with Gasteiger partial charge in [-0.25, -0.2) is 0 Å². The summed E-state index contributed by atoms with van der Waals surface area (Å²) < 4.78 is 10.5. The minimum absolute atomic E-state index is 0.167. The van der Waals surface area contributed by atoms with Crippen molar-refractivity contribution in [1.29, 1.82) is 0 Å². The summed E-state index contributed by atoms with van der Waals surface area (Å²) in [6.45, 7) is 0.824. The van der Waals surface area contributed by atoms with Crippen LogP contribution in [0.3, 0.4) is 0 Å². The summed E-state index contributed by atoms with van der Waals surface area (Å²) in [6, 6.07) is 18.9. The van der Waals surface area contributed by atoms with Crippen LogP contribution in [-0.2, 0) is 13.1 Å². The van der Waals surface area contributed by atoms with Gasteiger partial charge in [0.05, 0.1) is 26.3 Å². The Morgan fingerprint density at radius 1 is 1.03 bits per heavy atom. The fourth-order valence-corrected chi connectivity index (χ4v) is 3.71. The van der Waals surface area contributed by atoms with Crippen LogP contribution in [0.5, 0.6) is 11.5 Å². The topological polar surface area (TPSA) is 79.5 Å². The Labute approximate surface area is 197 Å². The van der Waals surface area contributed by atoms with E-state index < -0.39 is 0 Å². The van der Waals surface area contributed by atoms with E-state index in [4.69, 9.17) is 21.7 Å². The van der Waals surface area contributed by atoms with Crippen LogP contribution in [0, 0.1) is 0 Å². The van der Waals surface area contributed by atoms with E-state index in [-0.39, 0.29) is 5.56 Å². The Kier molecular flexibility index (Phi) is 6.85. The number of pyridine rings is 2. The van der Waals surface area contributed by atoms with Crippen LogP contribution in [0.15, 0.2) is 77.9 Å². The van der Waals surface area contributed by atoms with Crippen LogP contribution in [0.2, 0.25) is 0 Å². The van der Waals surface area contributed by atoms with Crippen LogP contribution >= 0.6 is 12.2 Å². The second kappa shape index (κ2) is 10.1. The van der Waals surface area contributed by atoms with Crippen molar-refractivity contribution in [3.63, 3.8) is 0 Å². The average Bonchev–Trinajstić information content (AvgIpc) is 2.84. The van der Waals surface area contributed by atoms with Crippen LogP contribution in [0.4, 0.5) is 5.69 Å². The molecule has 2 aromatic heterocycles. The Morgan fingerprint density at radius 2 is 1.79 bits per heavy atom. The SMILES string of the molecule is COc1ccc(NC(=S)N(Cc2cccnc2)Cc2cc3ccc(OC)cc3[nH]c2=O)cc1. The Hall–Kier alpha value is -3.91. The maximum atomic E-state index is 12.9. The Bertz CT molecular complexity index is 1310. The van der Waals surface area contributed by atoms with Gasteiger partial charge in [0.15, 0.2) is 5.11 Å². The summed E-state index contributed by atoms with van der Waals surface area (Å²) in [5.41, 5.74) is 2.98. The lowest BCUT2D eigenvalue weighted by Crippen LogP contribution is -2.35. The number of methoxy groups -OCH3 is 2. The van der Waals surface area contributed by atoms with Crippen LogP contribution in [0.25, 0.3) is 10.9 Å². The number of benzene rings is 2. The van der Waals surface area contributed by atoms with Gasteiger partial charge in [0.25, 0.3) is 5.56 Å². The molecule has 0 saturated carbocycles. The number of rotatable bonds is 7. The van der Waals surface area contributed by atoms with Crippen molar-refractivity contribution < 1.29 is 9.47 Å². The quantitative estimate of drug-likeness (QED) is 0.397. The van der Waals surface area contributed by atoms with Crippen LogP contribution < -0.4 is 20.3 Å². The van der Waals surface area contributed by atoms with Gasteiger partial charge >= 0.3 is 0 Å². The van der Waals surface area contributed by atoms with Crippen molar-refractivity contribution in [2.45, 2.75) is 13.1 Å². The van der Waals surface area contributed by atoms with Crippen molar-refractivity contribution in [1.82, 2.24) is 14.9 Å². The fraction of sp³-hybridized carbons (Fsp3) is 0.160. The average molecular weight is 461 g/mol. The van der Waals surface area contributed by atoms with Gasteiger partial charge in [0.2, 0.25) is 0 Å². The molecule has 0 radical (unpaired) electrons. The first-order valence-electron chi connectivity index (χ1n) is 10.3. The van der Waals surface area contributed by atoms with E-state index in [1.165, 1.54) is 0 Å². The summed E-state index contributed by atoms with van der Waals surface area (Å²) in [7, 11) is 3.22. The lowest BCUT2D eigenvalue weighted by molar-refractivity contribution is 0.410. The van der Waals surface area contributed by atoms with E-state index in [9.17, 15) is 4.79 Å². The summed E-state index contributed by atoms with van der Waals surface area (Å²) in [6.07, 6.45) is 3.52. The molecule has 4 rings (SSSR count). The molecule has 7 nitrogen and oxygen atoms in total. The zero-order chi connectivity index (χ0) is 23.2. The molecule has 2 aromatic carbocycles. The summed E-state index contributed by atoms with van der Waals surface area (Å²) in [5.74, 6) is 1.45. The van der Waals surface area contributed by atoms with E-state index in [0.717, 1.165) is 27.9 Å². The normalized spacial score (nSPS) is 10.6. The largest absolute Gasteiger partial charge is 0.497 e. The summed E-state index contributed by atoms with van der Waals surface area (Å²) >= 11 is 5.72. The molecule has 0 spiro atoms. The fourth-order valence-electron chi connectivity index (χ4n) is 3.46. The van der Waals surface area contributed by atoms with Gasteiger partial charge in [-0.05, 0) is 71.7 Å². The summed E-state index contributed by atoms with van der Waals surface area (Å²) in [4.78, 5) is 21.9. The first-order valence-corrected chi connectivity index (χ1v) is 10.8. The van der Waals surface area contributed by atoms with E-state index in [2.05, 4.69) is 15.3 Å². The van der Waals surface area contributed by atoms with E-state index >= 15 is 0 Å². The first kappa shape index (κ1) is 22.3. The lowest BCUT2D eigenvalue weighted by atomic mass is 10.1. The zero-order valence-electron chi connectivity index (χ0n) is 18.4. The molecule has 0 fully saturated rings. The highest BCUT2D eigenvalue weighted by Crippen LogP contribution is 2.20. The third-order valence-corrected chi connectivity index (χ3v) is 5.58. The number of hydrogen-bond acceptors (Lipinski definition) is 5. The highest BCUT2D eigenvalue weighted by molar-refractivity contribution is 7.80. The lowest BCUT2D eigenvalue weighted by Gasteiger charge is -2.26. The first-order chi connectivity index (χ1) is 16.1. The van der Waals surface area contributed by atoms with Gasteiger partial charge < -0.3 is 24.7 Å². The molecule has 0 atom stereocenters. The third-order valence-electron chi connectivity index (χ3n) is 5.22. The Balaban J connectivity index is 1.62. The molecule has 8 heteroatoms. The van der Waals surface area contributed by atoms with E-state index in [1.54, 1.807) is 26.6 Å². The molecule has 0 bridgehead atoms. The number of nitrogens with one attached hydrogen (secondary N) is 2. The molecule has 168 valence electrons. The maximum absolute atomic E-state index is 12.9. The van der Waals surface area contributed by atoms with Gasteiger partial charge in [0.1, 0.15) is 11.5 Å². The van der Waals surface area contributed by atoms with E-state index in [0.29, 0.717) is 29.5 Å². The van der Waals surface area contributed by atoms with E-state index in [1.807, 2.05) is 65.6 Å². The molecule has 0 saturated heterocycles. The molecule has 0 amide bonds. The van der Waals surface area contributed by atoms with Gasteiger partial charge in [-0.1, -0.05) is 6.07 Å². The molecule has 2 heterocycles. The Morgan fingerprint density at radius 3 is 2.48 bits per heavy atom. The predicted molar refractivity (Wildman–Crippen MR) is 134 cm³/mol. The molecule has 0 aliphatic rings. The van der Waals surface area contributed by atoms with Crippen molar-refractivity contribution >= 4 is 33.9 Å². The summed E-state index contributed by atoms with van der Waals surface area (Å²) in [5, 5.41) is 4.67. The second-order valence-electron chi connectivity index (χ2n) is 7.45. The standard InChI is InChI=1S/C25H24N4O3S/c1-31-21-9-6-20(7-10-21)27-25(33)29(15-17-4-3-11-26-14-17)16-19-12-18-5-8-22(32-2)13-23(18)28-24(19)30/h3-14H,15-16H2,1-2H3,(H,27,33)(H,28,30). The number of aromatic amines is 1. The third kappa shape index (κ3) is 5.48. The molecular formula is C25H24N4O3S. The number of ether oxygens (including phenoxy) is 2. The molecule has 33 heavy (non-hydrogen) atoms. The smallest absolute Gasteiger partial charge is 0.253 e. The van der Waals surface area contributed by atoms with Gasteiger partial charge in [-0.3, -0.25) is 9.78 Å². The molecule has 2 N–H and O–H groups in total. The van der Waals surface area contributed by atoms with Crippen molar-refractivity contribution in [3.8, 4) is 11.5 Å². The number of aromatic nitrogens is 2. The van der Waals surface area contributed by atoms with Gasteiger partial charge in [0, 0.05) is 36.3 Å². The predicted octanol–water partition coefficient (Wildman–Crippen LogP) is 4.34. The van der Waals surface area contributed by atoms with Crippen LogP contribution in [-0.4, -0.2) is 34.2 Å². The number of nitrogens with zero attached hydrogens (tertiary/aromatic N) is 2. The highest BCUT2D eigenvalue weighted by atomic mass is 32.1. The number of fused-ring (bicyclic) bond motifs is 1. The highest BCUT2D eigenvalue weighted by Gasteiger charge is 2.15. The van der Waals surface area contributed by atoms with Gasteiger partial charge in [-0.15, -0.1) is 0 Å². The van der Waals surface area contributed by atoms with Crippen molar-refractivity contribution in [2.75, 3.05) is 19.5 Å². The van der Waals surface area contributed by atoms with Crippen LogP contribution in [0.1, 0.15) is 11.1 Å². The number of hydrogen-bond donors (Lipinski definition) is 2. The molecular weight excluding hydrogens is 436 g/mol. The number of H-pyrrole nitrogens is 1. The number of anilines is 1. The molecule has 0 aliphatic carbocycles. The maximum Gasteiger partial charge on any atom is 0.253 e. The molecule has 0 unspecified atom stereocenters. The second-order valence-corrected chi connectivity index (χ2v) is 7.84. The number of thiocarbonyl (C=S) groups is 1. The molecule has 4 aromatic rings. The minimum atomic E-state index is -0.167. The van der Waals surface area contributed by atoms with Crippen molar-refractivity contribution in [3.05, 3.63) is 94.5 Å². The minimum Gasteiger partial charge on any atom is -0.497 e. The zero-order valence-corrected chi connectivity index (χ0v) is 19.2. The monoisotopic (exact) mass is 460 g/mol. The molecule has 0 aliphatic heterocycles. The van der Waals surface area contributed by atoms with Gasteiger partial charge in [-0.2, -0.15) is 0 Å².